The molecule has 0 fully saturated rings. The van der Waals surface area contributed by atoms with Crippen molar-refractivity contribution in [1.82, 2.24) is 0 Å². The van der Waals surface area contributed by atoms with Gasteiger partial charge in [0.05, 0.1) is 20.8 Å². The minimum atomic E-state index is -1.06. The highest BCUT2D eigenvalue weighted by Crippen LogP contribution is 2.41. The van der Waals surface area contributed by atoms with E-state index < -0.39 is 5.72 Å². The quantitative estimate of drug-likeness (QED) is 0.838. The first-order valence-corrected chi connectivity index (χ1v) is 9.71. The van der Waals surface area contributed by atoms with Crippen LogP contribution in [0, 0.1) is 0 Å². The van der Waals surface area contributed by atoms with Gasteiger partial charge in [-0.2, -0.15) is 0 Å². The Kier molecular flexibility index (Phi) is 4.54. The predicted octanol–water partition coefficient (Wildman–Crippen LogP) is 2.87. The predicted molar refractivity (Wildman–Crippen MR) is 104 cm³/mol. The molecule has 0 radical (unpaired) electrons. The third-order valence-electron chi connectivity index (χ3n) is 4.96. The number of β-amino-alcohol motifs (C(OH)–C–C–N with tert-alkyl or cyclic N) is 1. The average molecular weight is 371 g/mol. The second kappa shape index (κ2) is 6.85. The van der Waals surface area contributed by atoms with Gasteiger partial charge in [-0.15, -0.1) is 0 Å². The van der Waals surface area contributed by atoms with Gasteiger partial charge in [0.15, 0.2) is 18.0 Å². The summed E-state index contributed by atoms with van der Waals surface area (Å²) in [5.74, 6) is 2.57. The number of ether oxygens (including phenoxy) is 2. The summed E-state index contributed by atoms with van der Waals surface area (Å²) in [7, 11) is 3.33. The van der Waals surface area contributed by atoms with Crippen LogP contribution in [0.25, 0.3) is 0 Å². The maximum Gasteiger partial charge on any atom is 0.316 e. The smallest absolute Gasteiger partial charge is 0.316 e. The van der Waals surface area contributed by atoms with Crippen LogP contribution in [0.1, 0.15) is 12.0 Å². The molecule has 5 nitrogen and oxygen atoms in total. The number of aliphatic hydroxyl groups is 1. The second-order valence-electron chi connectivity index (χ2n) is 6.44. The molecular formula is C20H23N2O3S+. The Morgan fingerprint density at radius 2 is 1.92 bits per heavy atom. The van der Waals surface area contributed by atoms with Gasteiger partial charge in [-0.1, -0.05) is 30.3 Å². The Morgan fingerprint density at radius 1 is 1.12 bits per heavy atom. The topological polar surface area (TPSA) is 44.9 Å². The van der Waals surface area contributed by atoms with Crippen LogP contribution in [0.15, 0.2) is 48.5 Å². The average Bonchev–Trinajstić information content (AvgIpc) is 3.02. The fraction of sp³-hybridized carbons (Fsp3) is 0.350. The molecule has 4 rings (SSSR count). The summed E-state index contributed by atoms with van der Waals surface area (Å²) >= 11 is 1.78. The molecule has 1 N–H and O–H groups in total. The summed E-state index contributed by atoms with van der Waals surface area (Å²) in [6.07, 6.45) is 1.05. The molecule has 2 aliphatic heterocycles. The summed E-state index contributed by atoms with van der Waals surface area (Å²) in [6, 6.07) is 15.7. The van der Waals surface area contributed by atoms with Crippen molar-refractivity contribution in [2.24, 2.45) is 0 Å². The van der Waals surface area contributed by atoms with Crippen LogP contribution in [0.3, 0.4) is 0 Å². The normalized spacial score (nSPS) is 22.3. The van der Waals surface area contributed by atoms with Crippen molar-refractivity contribution in [3.05, 3.63) is 54.1 Å². The van der Waals surface area contributed by atoms with E-state index in [-0.39, 0.29) is 0 Å². The van der Waals surface area contributed by atoms with E-state index in [2.05, 4.69) is 9.48 Å². The van der Waals surface area contributed by atoms with Crippen molar-refractivity contribution >= 4 is 22.6 Å². The van der Waals surface area contributed by atoms with Crippen molar-refractivity contribution in [2.45, 2.75) is 12.1 Å². The third-order valence-corrected chi connectivity index (χ3v) is 6.15. The van der Waals surface area contributed by atoms with Crippen molar-refractivity contribution in [2.75, 3.05) is 38.0 Å². The molecule has 2 aromatic rings. The van der Waals surface area contributed by atoms with Gasteiger partial charge < -0.3 is 14.6 Å². The molecular weight excluding hydrogens is 348 g/mol. The number of benzene rings is 2. The monoisotopic (exact) mass is 371 g/mol. The molecule has 2 aromatic carbocycles. The zero-order valence-corrected chi connectivity index (χ0v) is 15.8. The van der Waals surface area contributed by atoms with Crippen molar-refractivity contribution < 1.29 is 19.2 Å². The molecule has 0 saturated carbocycles. The lowest BCUT2D eigenvalue weighted by atomic mass is 10.0. The molecule has 2 heterocycles. The molecule has 0 amide bonds. The van der Waals surface area contributed by atoms with E-state index in [4.69, 9.17) is 9.47 Å². The minimum absolute atomic E-state index is 0.447. The van der Waals surface area contributed by atoms with Gasteiger partial charge in [-0.05, 0) is 30.3 Å². The highest BCUT2D eigenvalue weighted by molar-refractivity contribution is 8.13. The minimum Gasteiger partial charge on any atom is -0.497 e. The van der Waals surface area contributed by atoms with E-state index in [9.17, 15) is 5.11 Å². The molecule has 0 aromatic heterocycles. The molecule has 26 heavy (non-hydrogen) atoms. The number of methoxy groups -OCH3 is 2. The number of amidine groups is 1. The lowest BCUT2D eigenvalue weighted by Gasteiger charge is -2.24. The Morgan fingerprint density at radius 3 is 2.65 bits per heavy atom. The number of thioether (sulfide) groups is 1. The first-order chi connectivity index (χ1) is 12.7. The number of rotatable bonds is 4. The van der Waals surface area contributed by atoms with Crippen LogP contribution >= 0.6 is 11.8 Å². The molecule has 0 bridgehead atoms. The molecule has 0 unspecified atom stereocenters. The Balaban J connectivity index is 1.83. The van der Waals surface area contributed by atoms with Crippen molar-refractivity contribution in [3.63, 3.8) is 0 Å². The molecule has 0 aliphatic carbocycles. The Labute approximate surface area is 157 Å². The number of hydrogen-bond donors (Lipinski definition) is 1. The number of anilines is 1. The van der Waals surface area contributed by atoms with Gasteiger partial charge in [0, 0.05) is 17.4 Å². The van der Waals surface area contributed by atoms with E-state index in [1.54, 1.807) is 26.0 Å². The van der Waals surface area contributed by atoms with Crippen LogP contribution in [0.4, 0.5) is 5.69 Å². The zero-order chi connectivity index (χ0) is 18.1. The largest absolute Gasteiger partial charge is 0.497 e. The van der Waals surface area contributed by atoms with Crippen LogP contribution in [-0.2, 0) is 5.72 Å². The van der Waals surface area contributed by atoms with Gasteiger partial charge in [0.25, 0.3) is 5.72 Å². The van der Waals surface area contributed by atoms with Crippen molar-refractivity contribution in [1.29, 1.82) is 0 Å². The van der Waals surface area contributed by atoms with Crippen molar-refractivity contribution in [3.8, 4) is 11.5 Å². The van der Waals surface area contributed by atoms with E-state index in [0.717, 1.165) is 46.6 Å². The van der Waals surface area contributed by atoms with Crippen LogP contribution in [0.5, 0.6) is 11.5 Å². The second-order valence-corrected chi connectivity index (χ2v) is 7.50. The summed E-state index contributed by atoms with van der Waals surface area (Å²) in [5, 5.41) is 12.7. The van der Waals surface area contributed by atoms with Gasteiger partial charge in [0.1, 0.15) is 5.75 Å². The Bertz CT molecular complexity index is 840. The standard InChI is InChI=1S/C20H23N2O3S/c1-24-16-9-10-18(25-2)17(13-16)21-14-20(23,15-7-4-3-5-8-15)22-11-6-12-26-19(21)22/h3-5,7-10,13,23H,6,11-12,14H2,1-2H3/q+1/t20-/m1/s1. The molecule has 6 heteroatoms. The van der Waals surface area contributed by atoms with E-state index in [0.29, 0.717) is 6.54 Å². The summed E-state index contributed by atoms with van der Waals surface area (Å²) in [6.45, 7) is 1.28. The summed E-state index contributed by atoms with van der Waals surface area (Å²) < 4.78 is 13.1. The number of hydrogen-bond acceptors (Lipinski definition) is 5. The van der Waals surface area contributed by atoms with E-state index >= 15 is 0 Å². The van der Waals surface area contributed by atoms with Gasteiger partial charge in [0.2, 0.25) is 0 Å². The molecule has 2 aliphatic rings. The molecule has 136 valence electrons. The van der Waals surface area contributed by atoms with Crippen LogP contribution < -0.4 is 14.4 Å². The molecule has 0 spiro atoms. The Hall–Kier alpha value is -2.18. The maximum absolute atomic E-state index is 11.7. The fourth-order valence-corrected chi connectivity index (χ4v) is 4.82. The number of nitrogens with zero attached hydrogens (tertiary/aromatic N) is 2. The SMILES string of the molecule is COc1ccc(OC)c(N2C[C@@](O)(c3ccccc3)[N+]3=C2SCCC3)c1. The first kappa shape index (κ1) is 17.2. The summed E-state index contributed by atoms with van der Waals surface area (Å²) in [5.41, 5.74) is 0.760. The van der Waals surface area contributed by atoms with Crippen LogP contribution in [0.2, 0.25) is 0 Å². The third kappa shape index (κ3) is 2.73. The maximum atomic E-state index is 11.7. The zero-order valence-electron chi connectivity index (χ0n) is 15.0. The summed E-state index contributed by atoms with van der Waals surface area (Å²) in [4.78, 5) is 2.15. The van der Waals surface area contributed by atoms with Crippen LogP contribution in [-0.4, -0.2) is 47.9 Å². The van der Waals surface area contributed by atoms with E-state index in [1.165, 1.54) is 0 Å². The lowest BCUT2D eigenvalue weighted by Crippen LogP contribution is -2.41. The highest BCUT2D eigenvalue weighted by Gasteiger charge is 2.53. The van der Waals surface area contributed by atoms with E-state index in [1.807, 2.05) is 48.5 Å². The van der Waals surface area contributed by atoms with Gasteiger partial charge in [-0.25, -0.2) is 9.48 Å². The first-order valence-electron chi connectivity index (χ1n) is 8.72. The van der Waals surface area contributed by atoms with Gasteiger partial charge >= 0.3 is 5.17 Å². The molecule has 0 saturated heterocycles. The molecule has 1 atom stereocenters. The van der Waals surface area contributed by atoms with Gasteiger partial charge in [-0.3, -0.25) is 0 Å². The fourth-order valence-electron chi connectivity index (χ4n) is 3.65. The highest BCUT2D eigenvalue weighted by atomic mass is 32.2. The lowest BCUT2D eigenvalue weighted by molar-refractivity contribution is -0.656.